The highest BCUT2D eigenvalue weighted by Crippen LogP contribution is 2.39. The Hall–Kier alpha value is -1.95. The maximum Gasteiger partial charge on any atom is 0.261 e. The molecular weight excluding hydrogens is 332 g/mol. The Kier molecular flexibility index (Phi) is 5.61. The topological polar surface area (TPSA) is 51.2 Å². The lowest BCUT2D eigenvalue weighted by Crippen LogP contribution is -2.67. The number of para-hydroxylation sites is 1. The van der Waals surface area contributed by atoms with Crippen molar-refractivity contribution in [3.05, 3.63) is 18.2 Å². The molecule has 1 aromatic rings. The van der Waals surface area contributed by atoms with Crippen LogP contribution in [0.1, 0.15) is 32.6 Å². The second-order valence-corrected chi connectivity index (χ2v) is 7.43. The monoisotopic (exact) mass is 362 g/mol. The lowest BCUT2D eigenvalue weighted by Gasteiger charge is -2.55. The van der Waals surface area contributed by atoms with E-state index in [-0.39, 0.29) is 18.1 Å². The van der Waals surface area contributed by atoms with E-state index in [2.05, 4.69) is 18.9 Å². The molecule has 3 rings (SSSR count). The molecule has 6 nitrogen and oxygen atoms in total. The van der Waals surface area contributed by atoms with E-state index in [0.29, 0.717) is 23.3 Å². The summed E-state index contributed by atoms with van der Waals surface area (Å²) < 4.78 is 16.6. The molecule has 0 aliphatic carbocycles. The van der Waals surface area contributed by atoms with E-state index in [9.17, 15) is 4.79 Å². The maximum absolute atomic E-state index is 13.0. The molecule has 0 aromatic heterocycles. The molecular formula is C20H30N2O4. The van der Waals surface area contributed by atoms with Crippen LogP contribution in [-0.2, 0) is 4.79 Å². The van der Waals surface area contributed by atoms with Crippen molar-refractivity contribution in [1.29, 1.82) is 0 Å². The standard InChI is InChI=1S/C20H30N2O4/c1-20-11-7-12-21(2)17(20)10-6-13-22(20)18(23)14-26-19-15(24-3)8-5-9-16(19)25-4/h5,8-9,17H,6-7,10-14H2,1-4H3/t17-,20-/m0/s1. The molecule has 2 atom stereocenters. The lowest BCUT2D eigenvalue weighted by atomic mass is 9.76. The molecule has 0 spiro atoms. The Morgan fingerprint density at radius 3 is 2.54 bits per heavy atom. The van der Waals surface area contributed by atoms with Crippen LogP contribution in [0.2, 0.25) is 0 Å². The predicted molar refractivity (Wildman–Crippen MR) is 100 cm³/mol. The molecule has 0 unspecified atom stereocenters. The number of nitrogens with zero attached hydrogens (tertiary/aromatic N) is 2. The summed E-state index contributed by atoms with van der Waals surface area (Å²) in [5, 5.41) is 0. The number of benzene rings is 1. The molecule has 2 saturated heterocycles. The Balaban J connectivity index is 1.74. The van der Waals surface area contributed by atoms with Crippen LogP contribution >= 0.6 is 0 Å². The van der Waals surface area contributed by atoms with E-state index in [0.717, 1.165) is 38.8 Å². The zero-order valence-electron chi connectivity index (χ0n) is 16.3. The minimum absolute atomic E-state index is 0.0112. The zero-order valence-corrected chi connectivity index (χ0v) is 16.3. The van der Waals surface area contributed by atoms with Gasteiger partial charge in [-0.05, 0) is 58.3 Å². The lowest BCUT2D eigenvalue weighted by molar-refractivity contribution is -0.148. The number of likely N-dealkylation sites (tertiary alicyclic amines) is 2. The Bertz CT molecular complexity index is 628. The van der Waals surface area contributed by atoms with Crippen molar-refractivity contribution in [2.24, 2.45) is 0 Å². The van der Waals surface area contributed by atoms with Gasteiger partial charge in [0.1, 0.15) is 0 Å². The predicted octanol–water partition coefficient (Wildman–Crippen LogP) is 2.56. The van der Waals surface area contributed by atoms with Crippen molar-refractivity contribution < 1.29 is 19.0 Å². The maximum atomic E-state index is 13.0. The van der Waals surface area contributed by atoms with Crippen LogP contribution in [0.25, 0.3) is 0 Å². The fourth-order valence-corrected chi connectivity index (χ4v) is 4.61. The number of ether oxygens (including phenoxy) is 3. The SMILES string of the molecule is COc1cccc(OC)c1OCC(=O)N1CCC[C@@H]2N(C)CCC[C@@]21C. The van der Waals surface area contributed by atoms with Crippen LogP contribution < -0.4 is 14.2 Å². The highest BCUT2D eigenvalue weighted by Gasteiger charge is 2.47. The number of hydrogen-bond acceptors (Lipinski definition) is 5. The van der Waals surface area contributed by atoms with Crippen LogP contribution in [0.5, 0.6) is 17.2 Å². The molecule has 2 aliphatic heterocycles. The Morgan fingerprint density at radius 2 is 1.88 bits per heavy atom. The van der Waals surface area contributed by atoms with Gasteiger partial charge in [-0.1, -0.05) is 6.07 Å². The third-order valence-corrected chi connectivity index (χ3v) is 5.94. The summed E-state index contributed by atoms with van der Waals surface area (Å²) in [6.07, 6.45) is 4.35. The van der Waals surface area contributed by atoms with Gasteiger partial charge in [0, 0.05) is 12.6 Å². The van der Waals surface area contributed by atoms with Crippen LogP contribution in [0, 0.1) is 0 Å². The first-order valence-corrected chi connectivity index (χ1v) is 9.35. The van der Waals surface area contributed by atoms with Gasteiger partial charge in [-0.3, -0.25) is 4.79 Å². The van der Waals surface area contributed by atoms with Crippen molar-refractivity contribution in [2.75, 3.05) is 41.0 Å². The first-order valence-electron chi connectivity index (χ1n) is 9.35. The molecule has 2 fully saturated rings. The number of likely N-dealkylation sites (N-methyl/N-ethyl adjacent to an activating group) is 1. The molecule has 2 heterocycles. The second-order valence-electron chi connectivity index (χ2n) is 7.43. The van der Waals surface area contributed by atoms with Crippen molar-refractivity contribution in [1.82, 2.24) is 9.80 Å². The molecule has 0 N–H and O–H groups in total. The van der Waals surface area contributed by atoms with E-state index in [1.54, 1.807) is 26.4 Å². The number of methoxy groups -OCH3 is 2. The molecule has 2 aliphatic rings. The average Bonchev–Trinajstić information content (AvgIpc) is 2.65. The average molecular weight is 362 g/mol. The number of carbonyl (C=O) groups is 1. The minimum atomic E-state index is -0.115. The number of rotatable bonds is 5. The fourth-order valence-electron chi connectivity index (χ4n) is 4.61. The largest absolute Gasteiger partial charge is 0.493 e. The molecule has 144 valence electrons. The van der Waals surface area contributed by atoms with Crippen molar-refractivity contribution in [3.8, 4) is 17.2 Å². The molecule has 1 amide bonds. The van der Waals surface area contributed by atoms with E-state index >= 15 is 0 Å². The van der Waals surface area contributed by atoms with Crippen LogP contribution in [-0.4, -0.2) is 68.3 Å². The molecule has 26 heavy (non-hydrogen) atoms. The molecule has 1 aromatic carbocycles. The minimum Gasteiger partial charge on any atom is -0.493 e. The normalized spacial score (nSPS) is 26.2. The number of fused-ring (bicyclic) bond motifs is 1. The van der Waals surface area contributed by atoms with Gasteiger partial charge in [-0.25, -0.2) is 0 Å². The summed E-state index contributed by atoms with van der Waals surface area (Å²) in [6, 6.07) is 5.86. The first kappa shape index (κ1) is 18.8. The third kappa shape index (κ3) is 3.34. The van der Waals surface area contributed by atoms with E-state index in [1.165, 1.54) is 0 Å². The summed E-state index contributed by atoms with van der Waals surface area (Å²) in [5.41, 5.74) is -0.115. The fraction of sp³-hybridized carbons (Fsp3) is 0.650. The molecule has 0 saturated carbocycles. The van der Waals surface area contributed by atoms with Crippen LogP contribution in [0.4, 0.5) is 0 Å². The van der Waals surface area contributed by atoms with Gasteiger partial charge >= 0.3 is 0 Å². The van der Waals surface area contributed by atoms with Crippen molar-refractivity contribution in [2.45, 2.75) is 44.2 Å². The van der Waals surface area contributed by atoms with E-state index in [4.69, 9.17) is 14.2 Å². The molecule has 0 bridgehead atoms. The van der Waals surface area contributed by atoms with E-state index in [1.807, 2.05) is 11.0 Å². The van der Waals surface area contributed by atoms with Gasteiger partial charge < -0.3 is 24.0 Å². The van der Waals surface area contributed by atoms with Crippen LogP contribution in [0.15, 0.2) is 18.2 Å². The van der Waals surface area contributed by atoms with Gasteiger partial charge in [-0.15, -0.1) is 0 Å². The van der Waals surface area contributed by atoms with Crippen LogP contribution in [0.3, 0.4) is 0 Å². The van der Waals surface area contributed by atoms with Crippen molar-refractivity contribution in [3.63, 3.8) is 0 Å². The molecule has 6 heteroatoms. The quantitative estimate of drug-likeness (QED) is 0.806. The van der Waals surface area contributed by atoms with Crippen molar-refractivity contribution >= 4 is 5.91 Å². The van der Waals surface area contributed by atoms with Gasteiger partial charge in [-0.2, -0.15) is 0 Å². The summed E-state index contributed by atoms with van der Waals surface area (Å²) in [4.78, 5) is 17.5. The zero-order chi connectivity index (χ0) is 18.7. The smallest absolute Gasteiger partial charge is 0.261 e. The number of amides is 1. The summed E-state index contributed by atoms with van der Waals surface area (Å²) in [7, 11) is 5.33. The highest BCUT2D eigenvalue weighted by molar-refractivity contribution is 5.79. The second kappa shape index (κ2) is 7.74. The van der Waals surface area contributed by atoms with Gasteiger partial charge in [0.05, 0.1) is 19.8 Å². The molecule has 0 radical (unpaired) electrons. The summed E-state index contributed by atoms with van der Waals surface area (Å²) in [6.45, 7) is 4.13. The number of hydrogen-bond donors (Lipinski definition) is 0. The highest BCUT2D eigenvalue weighted by atomic mass is 16.5. The van der Waals surface area contributed by atoms with Gasteiger partial charge in [0.25, 0.3) is 5.91 Å². The first-order chi connectivity index (χ1) is 12.5. The third-order valence-electron chi connectivity index (χ3n) is 5.94. The Morgan fingerprint density at radius 1 is 1.19 bits per heavy atom. The number of carbonyl (C=O) groups excluding carboxylic acids is 1. The van der Waals surface area contributed by atoms with Gasteiger partial charge in [0.15, 0.2) is 18.1 Å². The van der Waals surface area contributed by atoms with E-state index < -0.39 is 0 Å². The summed E-state index contributed by atoms with van der Waals surface area (Å²) in [5.74, 6) is 1.64. The Labute approximate surface area is 156 Å². The number of piperidine rings is 2. The summed E-state index contributed by atoms with van der Waals surface area (Å²) >= 11 is 0. The van der Waals surface area contributed by atoms with Gasteiger partial charge in [0.2, 0.25) is 5.75 Å².